The topological polar surface area (TPSA) is 211 Å². The van der Waals surface area contributed by atoms with Gasteiger partial charge >= 0.3 is 0 Å². The van der Waals surface area contributed by atoms with Gasteiger partial charge in [0.15, 0.2) is 23.5 Å². The first-order valence-electron chi connectivity index (χ1n) is 9.64. The van der Waals surface area contributed by atoms with Crippen LogP contribution in [0.25, 0.3) is 22.3 Å². The molecule has 1 saturated heterocycles. The van der Waals surface area contributed by atoms with Crippen molar-refractivity contribution in [1.29, 1.82) is 0 Å². The highest BCUT2D eigenvalue weighted by Gasteiger charge is 2.43. The van der Waals surface area contributed by atoms with Crippen molar-refractivity contribution in [2.24, 2.45) is 0 Å². The number of aliphatic hydroxyl groups excluding tert-OH is 4. The van der Waals surface area contributed by atoms with E-state index < -0.39 is 60.0 Å². The molecule has 1 aromatic heterocycles. The van der Waals surface area contributed by atoms with Crippen LogP contribution in [0.5, 0.6) is 28.7 Å². The van der Waals surface area contributed by atoms with Gasteiger partial charge in [0.25, 0.3) is 0 Å². The third-order valence-corrected chi connectivity index (χ3v) is 5.25. The van der Waals surface area contributed by atoms with E-state index in [-0.39, 0.29) is 33.8 Å². The van der Waals surface area contributed by atoms with Crippen molar-refractivity contribution in [2.45, 2.75) is 30.7 Å². The van der Waals surface area contributed by atoms with Gasteiger partial charge in [0, 0.05) is 17.7 Å². The van der Waals surface area contributed by atoms with Gasteiger partial charge in [-0.25, -0.2) is 0 Å². The average molecular weight is 464 g/mol. The van der Waals surface area contributed by atoms with E-state index in [0.29, 0.717) is 0 Å². The van der Waals surface area contributed by atoms with Gasteiger partial charge in [0.1, 0.15) is 53.5 Å². The normalized spacial score (nSPS) is 25.3. The predicted octanol–water partition coefficient (Wildman–Crippen LogP) is -0.539. The van der Waals surface area contributed by atoms with E-state index in [4.69, 9.17) is 13.9 Å². The first-order valence-corrected chi connectivity index (χ1v) is 9.64. The Bertz CT molecular complexity index is 1250. The molecule has 1 aliphatic heterocycles. The highest BCUT2D eigenvalue weighted by atomic mass is 16.6. The maximum absolute atomic E-state index is 12.5. The van der Waals surface area contributed by atoms with Crippen LogP contribution in [0.2, 0.25) is 0 Å². The fraction of sp³-hybridized carbons (Fsp3) is 0.286. The predicted molar refractivity (Wildman–Crippen MR) is 109 cm³/mol. The summed E-state index contributed by atoms with van der Waals surface area (Å²) in [6, 6.07) is 5.68. The van der Waals surface area contributed by atoms with Gasteiger partial charge in [-0.15, -0.1) is 0 Å². The molecule has 1 fully saturated rings. The Hall–Kier alpha value is -3.55. The molecule has 4 rings (SSSR count). The molecular weight excluding hydrogens is 444 g/mol. The first-order chi connectivity index (χ1) is 15.6. The van der Waals surface area contributed by atoms with E-state index in [1.807, 2.05) is 0 Å². The molecule has 12 nitrogen and oxygen atoms in total. The molecule has 0 spiro atoms. The maximum Gasteiger partial charge on any atom is 0.238 e. The zero-order chi connectivity index (χ0) is 24.0. The molecular formula is C21H20O12. The van der Waals surface area contributed by atoms with Crippen LogP contribution >= 0.6 is 0 Å². The SMILES string of the molecule is O=c1c(O)c(-c2ccc(OC[C@H]3O[C@H](O)[C@H](O)[C@@H](O)[C@@H]3O)c(O)c2)oc2cc(O)cc(O)c12. The lowest BCUT2D eigenvalue weighted by molar-refractivity contribution is -0.285. The van der Waals surface area contributed by atoms with E-state index >= 15 is 0 Å². The van der Waals surface area contributed by atoms with Crippen LogP contribution in [0.15, 0.2) is 39.5 Å². The summed E-state index contributed by atoms with van der Waals surface area (Å²) in [4.78, 5) is 12.5. The number of hydrogen-bond acceptors (Lipinski definition) is 12. The molecule has 0 amide bonds. The van der Waals surface area contributed by atoms with E-state index in [1.165, 1.54) is 12.1 Å². The molecule has 12 heteroatoms. The minimum absolute atomic E-state index is 0.0575. The molecule has 0 saturated carbocycles. The van der Waals surface area contributed by atoms with E-state index in [2.05, 4.69) is 0 Å². The lowest BCUT2D eigenvalue weighted by atomic mass is 9.99. The Morgan fingerprint density at radius 2 is 1.61 bits per heavy atom. The number of fused-ring (bicyclic) bond motifs is 1. The molecule has 33 heavy (non-hydrogen) atoms. The van der Waals surface area contributed by atoms with Crippen molar-refractivity contribution >= 4 is 11.0 Å². The van der Waals surface area contributed by atoms with Crippen molar-refractivity contribution < 1.29 is 54.7 Å². The third kappa shape index (κ3) is 4.01. The van der Waals surface area contributed by atoms with Gasteiger partial charge in [0.05, 0.1) is 0 Å². The van der Waals surface area contributed by atoms with Crippen molar-refractivity contribution in [2.75, 3.05) is 6.61 Å². The van der Waals surface area contributed by atoms with Crippen LogP contribution in [0.3, 0.4) is 0 Å². The molecule has 2 heterocycles. The summed E-state index contributed by atoms with van der Waals surface area (Å²) in [7, 11) is 0. The Kier molecular flexibility index (Phi) is 5.78. The van der Waals surface area contributed by atoms with Crippen LogP contribution < -0.4 is 10.2 Å². The highest BCUT2D eigenvalue weighted by Crippen LogP contribution is 2.38. The average Bonchev–Trinajstić information content (AvgIpc) is 2.76. The Morgan fingerprint density at radius 3 is 2.30 bits per heavy atom. The Balaban J connectivity index is 1.60. The highest BCUT2D eigenvalue weighted by molar-refractivity contribution is 5.88. The van der Waals surface area contributed by atoms with Gasteiger partial charge in [0.2, 0.25) is 11.2 Å². The van der Waals surface area contributed by atoms with Crippen LogP contribution in [-0.2, 0) is 4.74 Å². The molecule has 8 N–H and O–H groups in total. The summed E-state index contributed by atoms with van der Waals surface area (Å²) in [5.41, 5.74) is -1.10. The maximum atomic E-state index is 12.5. The first kappa shape index (κ1) is 22.6. The number of phenolic OH excluding ortho intramolecular Hbond substituents is 3. The van der Waals surface area contributed by atoms with Crippen LogP contribution in [0.1, 0.15) is 0 Å². The summed E-state index contributed by atoms with van der Waals surface area (Å²) in [6.07, 6.45) is -7.90. The number of ether oxygens (including phenoxy) is 2. The molecule has 1 aliphatic rings. The van der Waals surface area contributed by atoms with Crippen LogP contribution in [-0.4, -0.2) is 78.2 Å². The second kappa shape index (κ2) is 8.42. The summed E-state index contributed by atoms with van der Waals surface area (Å²) in [5, 5.41) is 78.5. The van der Waals surface area contributed by atoms with Crippen molar-refractivity contribution in [3.63, 3.8) is 0 Å². The van der Waals surface area contributed by atoms with E-state index in [1.54, 1.807) is 0 Å². The number of rotatable bonds is 4. The Labute approximate surface area is 184 Å². The number of hydrogen-bond donors (Lipinski definition) is 8. The summed E-state index contributed by atoms with van der Waals surface area (Å²) in [6.45, 7) is -0.413. The smallest absolute Gasteiger partial charge is 0.238 e. The summed E-state index contributed by atoms with van der Waals surface area (Å²) in [5.74, 6) is -2.70. The van der Waals surface area contributed by atoms with Crippen LogP contribution in [0, 0.1) is 0 Å². The summed E-state index contributed by atoms with van der Waals surface area (Å²) < 4.78 is 15.8. The molecule has 176 valence electrons. The third-order valence-electron chi connectivity index (χ3n) is 5.25. The van der Waals surface area contributed by atoms with Crippen molar-refractivity contribution in [3.05, 3.63) is 40.6 Å². The molecule has 3 aromatic rings. The summed E-state index contributed by atoms with van der Waals surface area (Å²) >= 11 is 0. The van der Waals surface area contributed by atoms with Gasteiger partial charge in [-0.3, -0.25) is 4.79 Å². The molecule has 0 radical (unpaired) electrons. The van der Waals surface area contributed by atoms with Crippen molar-refractivity contribution in [3.8, 4) is 40.1 Å². The fourth-order valence-corrected chi connectivity index (χ4v) is 3.49. The molecule has 2 aromatic carbocycles. The van der Waals surface area contributed by atoms with E-state index in [9.17, 15) is 45.6 Å². The number of aromatic hydroxyl groups is 4. The van der Waals surface area contributed by atoms with Crippen LogP contribution in [0.4, 0.5) is 0 Å². The molecule has 0 aliphatic carbocycles. The zero-order valence-corrected chi connectivity index (χ0v) is 16.7. The van der Waals surface area contributed by atoms with Gasteiger partial charge in [-0.05, 0) is 18.2 Å². The zero-order valence-electron chi connectivity index (χ0n) is 16.7. The van der Waals surface area contributed by atoms with E-state index in [0.717, 1.165) is 18.2 Å². The largest absolute Gasteiger partial charge is 0.508 e. The second-order valence-electron chi connectivity index (χ2n) is 7.48. The molecule has 5 atom stereocenters. The lowest BCUT2D eigenvalue weighted by Crippen LogP contribution is -2.58. The number of phenols is 3. The quantitative estimate of drug-likeness (QED) is 0.245. The molecule has 0 bridgehead atoms. The standard InChI is InChI=1S/C21H20O12/c22-8-4-10(24)14-12(5-8)32-20(18(28)16(14)26)7-1-2-11(9(23)3-7)31-6-13-15(25)17(27)19(29)21(30)33-13/h1-5,13,15,17,19,21-25,27-30H,6H2/t13-,15-,17+,19-,21+/m1/s1. The fourth-order valence-electron chi connectivity index (χ4n) is 3.49. The lowest BCUT2D eigenvalue weighted by Gasteiger charge is -2.38. The van der Waals surface area contributed by atoms with Crippen molar-refractivity contribution in [1.82, 2.24) is 0 Å². The van der Waals surface area contributed by atoms with Gasteiger partial charge in [-0.2, -0.15) is 0 Å². The molecule has 0 unspecified atom stereocenters. The number of benzene rings is 2. The monoisotopic (exact) mass is 464 g/mol. The minimum atomic E-state index is -1.74. The van der Waals surface area contributed by atoms with Gasteiger partial charge < -0.3 is 54.7 Å². The minimum Gasteiger partial charge on any atom is -0.508 e. The Morgan fingerprint density at radius 1 is 0.879 bits per heavy atom. The van der Waals surface area contributed by atoms with Gasteiger partial charge in [-0.1, -0.05) is 0 Å². The number of aliphatic hydroxyl groups is 4. The second-order valence-corrected chi connectivity index (χ2v) is 7.48.